The maximum absolute atomic E-state index is 13.5. The van der Waals surface area contributed by atoms with Gasteiger partial charge < -0.3 is 16.4 Å². The highest BCUT2D eigenvalue weighted by Gasteiger charge is 2.55. The monoisotopic (exact) mass is 467 g/mol. The zero-order valence-electron chi connectivity index (χ0n) is 23.4. The first-order valence-corrected chi connectivity index (χ1v) is 12.6. The van der Waals surface area contributed by atoms with Crippen molar-refractivity contribution >= 4 is 17.7 Å². The van der Waals surface area contributed by atoms with Gasteiger partial charge in [0.15, 0.2) is 0 Å². The topological polar surface area (TPSA) is 101 Å². The summed E-state index contributed by atoms with van der Waals surface area (Å²) in [6.07, 6.45) is 3.88. The van der Waals surface area contributed by atoms with Crippen LogP contribution >= 0.6 is 0 Å². The lowest BCUT2D eigenvalue weighted by atomic mass is 9.50. The van der Waals surface area contributed by atoms with Crippen molar-refractivity contribution in [2.24, 2.45) is 39.2 Å². The maximum Gasteiger partial charge on any atom is 0.224 e. The largest absolute Gasteiger partial charge is 0.369 e. The van der Waals surface area contributed by atoms with Crippen LogP contribution in [0, 0.1) is 33.5 Å². The van der Waals surface area contributed by atoms with E-state index in [1.165, 1.54) is 0 Å². The molecule has 0 saturated carbocycles. The van der Waals surface area contributed by atoms with Crippen LogP contribution in [0.3, 0.4) is 0 Å². The number of nitrogens with one attached hydrogen (secondary N) is 2. The number of hydrogen-bond acceptors (Lipinski definition) is 3. The molecular weight excluding hydrogens is 414 g/mol. The number of rotatable bonds is 13. The molecule has 33 heavy (non-hydrogen) atoms. The molecule has 0 aromatic rings. The molecule has 0 fully saturated rings. The van der Waals surface area contributed by atoms with Gasteiger partial charge in [-0.2, -0.15) is 0 Å². The van der Waals surface area contributed by atoms with Crippen molar-refractivity contribution in [3.63, 3.8) is 0 Å². The molecule has 6 nitrogen and oxygen atoms in total. The molecule has 0 heterocycles. The smallest absolute Gasteiger partial charge is 0.224 e. The van der Waals surface area contributed by atoms with Crippen LogP contribution in [-0.4, -0.2) is 30.8 Å². The molecule has 0 aliphatic rings. The SMILES string of the molecule is CCC(=O)NCCCCCNC(=O)C(C(C)(C)C)C(C)(C)C(C)(C)C(CC(C)(C)C)C(N)=O. The highest BCUT2D eigenvalue weighted by molar-refractivity contribution is 5.81. The van der Waals surface area contributed by atoms with E-state index in [4.69, 9.17) is 5.73 Å². The number of amides is 3. The van der Waals surface area contributed by atoms with Gasteiger partial charge in [-0.3, -0.25) is 14.4 Å². The van der Waals surface area contributed by atoms with Crippen molar-refractivity contribution in [3.05, 3.63) is 0 Å². The Morgan fingerprint density at radius 2 is 1.24 bits per heavy atom. The lowest BCUT2D eigenvalue weighted by Gasteiger charge is -2.54. The lowest BCUT2D eigenvalue weighted by molar-refractivity contribution is -0.149. The van der Waals surface area contributed by atoms with Crippen molar-refractivity contribution in [3.8, 4) is 0 Å². The van der Waals surface area contributed by atoms with Crippen LogP contribution in [0.2, 0.25) is 0 Å². The van der Waals surface area contributed by atoms with Gasteiger partial charge in [-0.15, -0.1) is 0 Å². The number of nitrogens with two attached hydrogens (primary N) is 1. The molecule has 3 amide bonds. The molecule has 0 aliphatic heterocycles. The molecule has 6 heteroatoms. The molecule has 0 aromatic heterocycles. The second-order valence-corrected chi connectivity index (χ2v) is 13.0. The summed E-state index contributed by atoms with van der Waals surface area (Å²) in [7, 11) is 0. The predicted octanol–water partition coefficient (Wildman–Crippen LogP) is 5.05. The van der Waals surface area contributed by atoms with Gasteiger partial charge in [0.2, 0.25) is 17.7 Å². The Labute approximate surface area is 203 Å². The van der Waals surface area contributed by atoms with E-state index in [9.17, 15) is 14.4 Å². The van der Waals surface area contributed by atoms with E-state index in [1.807, 2.05) is 6.92 Å². The van der Waals surface area contributed by atoms with E-state index < -0.39 is 10.8 Å². The second kappa shape index (κ2) is 12.2. The van der Waals surface area contributed by atoms with E-state index >= 15 is 0 Å². The fourth-order valence-corrected chi connectivity index (χ4v) is 5.04. The molecule has 0 saturated heterocycles. The number of carbonyl (C=O) groups is 3. The molecule has 0 radical (unpaired) electrons. The maximum atomic E-state index is 13.5. The molecule has 0 aliphatic carbocycles. The highest BCUT2D eigenvalue weighted by atomic mass is 16.2. The minimum atomic E-state index is -0.487. The second-order valence-electron chi connectivity index (χ2n) is 13.0. The van der Waals surface area contributed by atoms with E-state index in [-0.39, 0.29) is 40.4 Å². The first-order chi connectivity index (χ1) is 14.8. The third-order valence-electron chi connectivity index (χ3n) is 7.34. The van der Waals surface area contributed by atoms with Gasteiger partial charge in [0.25, 0.3) is 0 Å². The van der Waals surface area contributed by atoms with Gasteiger partial charge in [-0.1, -0.05) is 76.2 Å². The standard InChI is InChI=1S/C27H53N3O3/c1-12-20(31)29-16-14-13-15-17-30-23(33)21(25(5,6)7)27(10,11)26(8,9)19(22(28)32)18-24(2,3)4/h19,21H,12-18H2,1-11H3,(H2,28,32)(H,29,31)(H,30,33). The van der Waals surface area contributed by atoms with E-state index in [2.05, 4.69) is 79.9 Å². The molecule has 0 aromatic carbocycles. The number of unbranched alkanes of at least 4 members (excludes halogenated alkanes) is 2. The fourth-order valence-electron chi connectivity index (χ4n) is 5.04. The first kappa shape index (κ1) is 31.4. The lowest BCUT2D eigenvalue weighted by Crippen LogP contribution is -2.56. The van der Waals surface area contributed by atoms with Crippen LogP contribution in [-0.2, 0) is 14.4 Å². The summed E-state index contributed by atoms with van der Waals surface area (Å²) in [6, 6.07) is 0. The average molecular weight is 468 g/mol. The van der Waals surface area contributed by atoms with E-state index in [1.54, 1.807) is 0 Å². The molecule has 194 valence electrons. The molecule has 0 spiro atoms. The zero-order chi connectivity index (χ0) is 26.3. The summed E-state index contributed by atoms with van der Waals surface area (Å²) in [5.41, 5.74) is 4.60. The predicted molar refractivity (Wildman–Crippen MR) is 137 cm³/mol. The number of hydrogen-bond donors (Lipinski definition) is 3. The number of primary amides is 1. The Balaban J connectivity index is 5.42. The summed E-state index contributed by atoms with van der Waals surface area (Å²) >= 11 is 0. The van der Waals surface area contributed by atoms with Crippen LogP contribution in [0.1, 0.15) is 108 Å². The van der Waals surface area contributed by atoms with Gasteiger partial charge in [0.1, 0.15) is 0 Å². The molecule has 4 N–H and O–H groups in total. The van der Waals surface area contributed by atoms with Crippen LogP contribution in [0.25, 0.3) is 0 Å². The first-order valence-electron chi connectivity index (χ1n) is 12.6. The van der Waals surface area contributed by atoms with Gasteiger partial charge in [-0.25, -0.2) is 0 Å². The normalized spacial score (nSPS) is 15.0. The van der Waals surface area contributed by atoms with Crippen molar-refractivity contribution in [2.75, 3.05) is 13.1 Å². The molecular formula is C27H53N3O3. The average Bonchev–Trinajstić information content (AvgIpc) is 2.62. The summed E-state index contributed by atoms with van der Waals surface area (Å²) in [6.45, 7) is 24.1. The van der Waals surface area contributed by atoms with Crippen LogP contribution in [0.15, 0.2) is 0 Å². The van der Waals surface area contributed by atoms with Crippen molar-refractivity contribution in [1.82, 2.24) is 10.6 Å². The molecule has 2 atom stereocenters. The highest BCUT2D eigenvalue weighted by Crippen LogP contribution is 2.56. The zero-order valence-corrected chi connectivity index (χ0v) is 23.4. The quantitative estimate of drug-likeness (QED) is 0.330. The van der Waals surface area contributed by atoms with Crippen molar-refractivity contribution in [2.45, 2.75) is 108 Å². The minimum Gasteiger partial charge on any atom is -0.369 e. The summed E-state index contributed by atoms with van der Waals surface area (Å²) < 4.78 is 0. The van der Waals surface area contributed by atoms with Crippen molar-refractivity contribution < 1.29 is 14.4 Å². The Morgan fingerprint density at radius 3 is 1.64 bits per heavy atom. The van der Waals surface area contributed by atoms with Crippen molar-refractivity contribution in [1.29, 1.82) is 0 Å². The van der Waals surface area contributed by atoms with Gasteiger partial charge >= 0.3 is 0 Å². The van der Waals surface area contributed by atoms with Gasteiger partial charge in [0, 0.05) is 31.3 Å². The Kier molecular flexibility index (Phi) is 11.6. The third kappa shape index (κ3) is 9.66. The fraction of sp³-hybridized carbons (Fsp3) is 0.889. The summed E-state index contributed by atoms with van der Waals surface area (Å²) in [5.74, 6) is -0.846. The molecule has 2 unspecified atom stereocenters. The minimum absolute atomic E-state index is 0.0267. The summed E-state index contributed by atoms with van der Waals surface area (Å²) in [5, 5.41) is 6.03. The van der Waals surface area contributed by atoms with Gasteiger partial charge in [-0.05, 0) is 47.3 Å². The van der Waals surface area contributed by atoms with Crippen LogP contribution in [0.4, 0.5) is 0 Å². The third-order valence-corrected chi connectivity index (χ3v) is 7.34. The Morgan fingerprint density at radius 1 is 0.758 bits per heavy atom. The van der Waals surface area contributed by atoms with E-state index in [0.29, 0.717) is 25.9 Å². The van der Waals surface area contributed by atoms with Gasteiger partial charge in [0.05, 0.1) is 0 Å². The van der Waals surface area contributed by atoms with Crippen LogP contribution < -0.4 is 16.4 Å². The number of carbonyl (C=O) groups excluding carboxylic acids is 3. The molecule has 0 bridgehead atoms. The summed E-state index contributed by atoms with van der Waals surface area (Å²) in [4.78, 5) is 37.4. The van der Waals surface area contributed by atoms with E-state index in [0.717, 1.165) is 19.3 Å². The Bertz CT molecular complexity index is 655. The molecule has 0 rings (SSSR count). The van der Waals surface area contributed by atoms with Crippen LogP contribution in [0.5, 0.6) is 0 Å². The Hall–Kier alpha value is -1.59.